The molecule has 2 aromatic carbocycles. The molecule has 2 atom stereocenters. The monoisotopic (exact) mass is 305 g/mol. The van der Waals surface area contributed by atoms with Crippen molar-refractivity contribution in [1.29, 1.82) is 0 Å². The lowest BCUT2D eigenvalue weighted by Gasteiger charge is -2.12. The molecule has 110 valence electrons. The molecule has 0 saturated carbocycles. The van der Waals surface area contributed by atoms with Crippen LogP contribution in [0, 0.1) is 12.7 Å². The first kappa shape index (κ1) is 14.1. The van der Waals surface area contributed by atoms with E-state index in [-0.39, 0.29) is 11.9 Å². The van der Waals surface area contributed by atoms with Gasteiger partial charge < -0.3 is 10.5 Å². The van der Waals surface area contributed by atoms with Gasteiger partial charge in [-0.1, -0.05) is 6.07 Å². The number of halogens is 1. The van der Waals surface area contributed by atoms with Crippen LogP contribution in [0.2, 0.25) is 0 Å². The highest BCUT2D eigenvalue weighted by molar-refractivity contribution is 7.85. The molecule has 3 nitrogen and oxygen atoms in total. The van der Waals surface area contributed by atoms with Gasteiger partial charge in [-0.2, -0.15) is 0 Å². The van der Waals surface area contributed by atoms with Crippen LogP contribution in [0.1, 0.15) is 11.1 Å². The first-order valence-corrected chi connectivity index (χ1v) is 8.05. The smallest absolute Gasteiger partial charge is 0.123 e. The Kier molecular flexibility index (Phi) is 3.68. The van der Waals surface area contributed by atoms with Gasteiger partial charge in [-0.05, 0) is 42.8 Å². The van der Waals surface area contributed by atoms with E-state index in [2.05, 4.69) is 0 Å². The Bertz CT molecular complexity index is 717. The minimum Gasteiger partial charge on any atom is -0.489 e. The summed E-state index contributed by atoms with van der Waals surface area (Å²) in [7, 11) is -1.19. The summed E-state index contributed by atoms with van der Waals surface area (Å²) in [5, 5.41) is 0. The lowest BCUT2D eigenvalue weighted by molar-refractivity contribution is 0.258. The minimum atomic E-state index is -1.19. The van der Waals surface area contributed by atoms with E-state index < -0.39 is 10.8 Å². The summed E-state index contributed by atoms with van der Waals surface area (Å²) in [4.78, 5) is 0.737. The maximum absolute atomic E-state index is 13.2. The van der Waals surface area contributed by atoms with Crippen LogP contribution in [0.5, 0.6) is 5.75 Å². The summed E-state index contributed by atoms with van der Waals surface area (Å²) in [5.74, 6) is 0.786. The van der Waals surface area contributed by atoms with Crippen molar-refractivity contribution in [3.63, 3.8) is 0 Å². The van der Waals surface area contributed by atoms with Crippen LogP contribution in [0.15, 0.2) is 41.3 Å². The predicted octanol–water partition coefficient (Wildman–Crippen LogP) is 2.83. The molecule has 0 fully saturated rings. The molecule has 0 aromatic heterocycles. The fourth-order valence-corrected chi connectivity index (χ4v) is 3.91. The zero-order valence-corrected chi connectivity index (χ0v) is 12.5. The molecule has 2 unspecified atom stereocenters. The van der Waals surface area contributed by atoms with Crippen molar-refractivity contribution in [2.45, 2.75) is 24.3 Å². The molecule has 1 heterocycles. The van der Waals surface area contributed by atoms with E-state index in [1.807, 2.05) is 13.0 Å². The molecule has 2 N–H and O–H groups in total. The van der Waals surface area contributed by atoms with E-state index in [4.69, 9.17) is 10.5 Å². The lowest BCUT2D eigenvalue weighted by Crippen LogP contribution is -2.22. The molecular weight excluding hydrogens is 289 g/mol. The summed E-state index contributed by atoms with van der Waals surface area (Å²) < 4.78 is 31.4. The van der Waals surface area contributed by atoms with Crippen LogP contribution in [-0.2, 0) is 17.2 Å². The fraction of sp³-hybridized carbons (Fsp3) is 0.250. The van der Waals surface area contributed by atoms with Crippen LogP contribution in [0.4, 0.5) is 10.1 Å². The van der Waals surface area contributed by atoms with E-state index >= 15 is 0 Å². The Morgan fingerprint density at radius 1 is 1.38 bits per heavy atom. The number of benzene rings is 2. The topological polar surface area (TPSA) is 52.3 Å². The number of nitrogen functional groups attached to an aromatic ring is 1. The van der Waals surface area contributed by atoms with Gasteiger partial charge >= 0.3 is 0 Å². The van der Waals surface area contributed by atoms with Crippen molar-refractivity contribution < 1.29 is 13.3 Å². The Hall–Kier alpha value is -1.88. The molecule has 1 aliphatic rings. The van der Waals surface area contributed by atoms with Gasteiger partial charge in [-0.15, -0.1) is 0 Å². The van der Waals surface area contributed by atoms with Gasteiger partial charge in [0.2, 0.25) is 0 Å². The Balaban J connectivity index is 1.74. The third kappa shape index (κ3) is 2.78. The second kappa shape index (κ2) is 5.48. The summed E-state index contributed by atoms with van der Waals surface area (Å²) >= 11 is 0. The third-order valence-electron chi connectivity index (χ3n) is 3.67. The summed E-state index contributed by atoms with van der Waals surface area (Å²) in [6.07, 6.45) is 0.392. The molecule has 0 aliphatic carbocycles. The van der Waals surface area contributed by atoms with Gasteiger partial charge in [-0.25, -0.2) is 4.39 Å². The number of anilines is 1. The molecule has 5 heteroatoms. The van der Waals surface area contributed by atoms with Gasteiger partial charge in [0.05, 0.1) is 16.6 Å². The number of fused-ring (bicyclic) bond motifs is 1. The standard InChI is InChI=1S/C16H16FNO2S/c1-10-14(18)3-2-4-16(10)21(19)9-13-8-11-7-12(17)5-6-15(11)20-13/h2-7,13H,8-9,18H2,1H3. The van der Waals surface area contributed by atoms with Crippen LogP contribution < -0.4 is 10.5 Å². The van der Waals surface area contributed by atoms with Gasteiger partial charge in [0, 0.05) is 22.6 Å². The largest absolute Gasteiger partial charge is 0.489 e. The van der Waals surface area contributed by atoms with E-state index in [0.717, 1.165) is 16.0 Å². The zero-order valence-electron chi connectivity index (χ0n) is 11.6. The van der Waals surface area contributed by atoms with Crippen LogP contribution in [0.3, 0.4) is 0 Å². The summed E-state index contributed by atoms with van der Waals surface area (Å²) in [5.41, 5.74) is 8.16. The van der Waals surface area contributed by atoms with Gasteiger partial charge in [0.25, 0.3) is 0 Å². The fourth-order valence-electron chi connectivity index (χ4n) is 2.52. The molecule has 1 aliphatic heterocycles. The van der Waals surface area contributed by atoms with Crippen molar-refractivity contribution in [3.8, 4) is 5.75 Å². The summed E-state index contributed by atoms with van der Waals surface area (Å²) in [6.45, 7) is 1.86. The van der Waals surface area contributed by atoms with Crippen molar-refractivity contribution in [1.82, 2.24) is 0 Å². The Labute approximate surface area is 125 Å². The maximum atomic E-state index is 13.2. The Morgan fingerprint density at radius 3 is 3.00 bits per heavy atom. The van der Waals surface area contributed by atoms with E-state index in [1.165, 1.54) is 12.1 Å². The van der Waals surface area contributed by atoms with Crippen LogP contribution in [-0.4, -0.2) is 16.1 Å². The third-order valence-corrected chi connectivity index (χ3v) is 5.28. The summed E-state index contributed by atoms with van der Waals surface area (Å²) in [6, 6.07) is 9.89. The van der Waals surface area contributed by atoms with Crippen molar-refractivity contribution >= 4 is 16.5 Å². The molecule has 2 aromatic rings. The van der Waals surface area contributed by atoms with Crippen molar-refractivity contribution in [2.24, 2.45) is 0 Å². The quantitative estimate of drug-likeness (QED) is 0.887. The SMILES string of the molecule is Cc1c(N)cccc1S(=O)CC1Cc2cc(F)ccc2O1. The van der Waals surface area contributed by atoms with Crippen molar-refractivity contribution in [2.75, 3.05) is 11.5 Å². The first-order chi connectivity index (χ1) is 10.0. The molecule has 0 bridgehead atoms. The average Bonchev–Trinajstić information content (AvgIpc) is 2.83. The van der Waals surface area contributed by atoms with Crippen molar-refractivity contribution in [3.05, 3.63) is 53.3 Å². The minimum absolute atomic E-state index is 0.191. The Morgan fingerprint density at radius 2 is 2.19 bits per heavy atom. The number of nitrogens with two attached hydrogens (primary N) is 1. The molecule has 0 spiro atoms. The molecular formula is C16H16FNO2S. The highest BCUT2D eigenvalue weighted by Gasteiger charge is 2.26. The molecule has 0 radical (unpaired) electrons. The zero-order chi connectivity index (χ0) is 15.0. The first-order valence-electron chi connectivity index (χ1n) is 6.73. The molecule has 0 saturated heterocycles. The number of ether oxygens (including phenoxy) is 1. The average molecular weight is 305 g/mol. The van der Waals surface area contributed by atoms with Gasteiger partial charge in [0.15, 0.2) is 0 Å². The second-order valence-electron chi connectivity index (χ2n) is 5.18. The second-order valence-corrected chi connectivity index (χ2v) is 6.64. The van der Waals surface area contributed by atoms with E-state index in [9.17, 15) is 8.60 Å². The van der Waals surface area contributed by atoms with E-state index in [1.54, 1.807) is 18.2 Å². The van der Waals surface area contributed by atoms with Crippen LogP contribution >= 0.6 is 0 Å². The normalized spacial score (nSPS) is 18.1. The highest BCUT2D eigenvalue weighted by Crippen LogP contribution is 2.30. The van der Waals surface area contributed by atoms with Gasteiger partial charge in [-0.3, -0.25) is 4.21 Å². The number of rotatable bonds is 3. The predicted molar refractivity (Wildman–Crippen MR) is 81.4 cm³/mol. The lowest BCUT2D eigenvalue weighted by atomic mass is 10.1. The van der Waals surface area contributed by atoms with E-state index in [0.29, 0.717) is 23.6 Å². The molecule has 0 amide bonds. The van der Waals surface area contributed by atoms with Crippen LogP contribution in [0.25, 0.3) is 0 Å². The molecule has 21 heavy (non-hydrogen) atoms. The van der Waals surface area contributed by atoms with Gasteiger partial charge in [0.1, 0.15) is 17.7 Å². The molecule has 3 rings (SSSR count). The number of hydrogen-bond acceptors (Lipinski definition) is 3. The maximum Gasteiger partial charge on any atom is 0.123 e. The highest BCUT2D eigenvalue weighted by atomic mass is 32.2. The number of hydrogen-bond donors (Lipinski definition) is 1.